The fourth-order valence-electron chi connectivity index (χ4n) is 0.590. The van der Waals surface area contributed by atoms with Gasteiger partial charge in [0.2, 0.25) is 0 Å². The smallest absolute Gasteiger partial charge is 0.152 e. The first-order valence-corrected chi connectivity index (χ1v) is 3.08. The summed E-state index contributed by atoms with van der Waals surface area (Å²) in [6.45, 7) is 2.41. The van der Waals surface area contributed by atoms with Gasteiger partial charge < -0.3 is 4.74 Å². The second-order valence-corrected chi connectivity index (χ2v) is 2.20. The summed E-state index contributed by atoms with van der Waals surface area (Å²) in [5, 5.41) is 0. The lowest BCUT2D eigenvalue weighted by Crippen LogP contribution is -1.83. The molecular formula is C7H10O2. The van der Waals surface area contributed by atoms with Crippen LogP contribution in [0.25, 0.3) is 0 Å². The number of hydrogen-bond donors (Lipinski definition) is 0. The van der Waals surface area contributed by atoms with Crippen LogP contribution in [0.1, 0.15) is 13.3 Å². The van der Waals surface area contributed by atoms with Gasteiger partial charge >= 0.3 is 0 Å². The van der Waals surface area contributed by atoms with E-state index >= 15 is 0 Å². The Kier molecular flexibility index (Phi) is 2.01. The van der Waals surface area contributed by atoms with E-state index in [-0.39, 0.29) is 5.78 Å². The molecule has 0 spiro atoms. The van der Waals surface area contributed by atoms with Crippen molar-refractivity contribution >= 4 is 5.78 Å². The van der Waals surface area contributed by atoms with Crippen LogP contribution >= 0.6 is 0 Å². The van der Waals surface area contributed by atoms with Crippen LogP contribution in [-0.4, -0.2) is 18.5 Å². The molecule has 0 aromatic carbocycles. The summed E-state index contributed by atoms with van der Waals surface area (Å²) in [4.78, 5) is 10.3. The molecule has 2 heteroatoms. The van der Waals surface area contributed by atoms with E-state index in [9.17, 15) is 4.79 Å². The first-order valence-electron chi connectivity index (χ1n) is 3.08. The van der Waals surface area contributed by atoms with Gasteiger partial charge in [-0.15, -0.1) is 0 Å². The molecule has 1 atom stereocenters. The van der Waals surface area contributed by atoms with E-state index in [4.69, 9.17) is 4.74 Å². The number of carbonyl (C=O) groups excluding carboxylic acids is 1. The van der Waals surface area contributed by atoms with Crippen LogP contribution in [0, 0.1) is 0 Å². The lowest BCUT2D eigenvalue weighted by molar-refractivity contribution is -0.112. The molecule has 0 bridgehead atoms. The Labute approximate surface area is 54.5 Å². The predicted molar refractivity (Wildman–Crippen MR) is 34.2 cm³/mol. The van der Waals surface area contributed by atoms with Gasteiger partial charge in [0.1, 0.15) is 0 Å². The first kappa shape index (κ1) is 6.49. The number of epoxide rings is 1. The van der Waals surface area contributed by atoms with Crippen molar-refractivity contribution in [2.75, 3.05) is 6.61 Å². The van der Waals surface area contributed by atoms with Crippen molar-refractivity contribution in [2.24, 2.45) is 0 Å². The minimum absolute atomic E-state index is 0.107. The number of rotatable bonds is 3. The average molecular weight is 126 g/mol. The van der Waals surface area contributed by atoms with Crippen molar-refractivity contribution < 1.29 is 9.53 Å². The highest BCUT2D eigenvalue weighted by Crippen LogP contribution is 2.13. The number of carbonyl (C=O) groups is 1. The largest absolute Gasteiger partial charge is 0.373 e. The third-order valence-electron chi connectivity index (χ3n) is 1.15. The molecule has 0 aromatic rings. The molecule has 1 aliphatic heterocycles. The summed E-state index contributed by atoms with van der Waals surface area (Å²) < 4.78 is 4.93. The van der Waals surface area contributed by atoms with Gasteiger partial charge in [0.05, 0.1) is 12.7 Å². The standard InChI is InChI=1S/C7H10O2/c1-6(8)3-2-4-7-5-9-7/h2-3,7H,4-5H2,1H3/b3-2+/t7-/m0/s1. The van der Waals surface area contributed by atoms with Crippen molar-refractivity contribution in [1.82, 2.24) is 0 Å². The van der Waals surface area contributed by atoms with E-state index in [0.29, 0.717) is 6.10 Å². The van der Waals surface area contributed by atoms with Gasteiger partial charge in [0.25, 0.3) is 0 Å². The van der Waals surface area contributed by atoms with Crippen molar-refractivity contribution in [3.05, 3.63) is 12.2 Å². The van der Waals surface area contributed by atoms with Gasteiger partial charge in [0, 0.05) is 0 Å². The van der Waals surface area contributed by atoms with Crippen molar-refractivity contribution in [3.63, 3.8) is 0 Å². The zero-order chi connectivity index (χ0) is 6.69. The van der Waals surface area contributed by atoms with Crippen molar-refractivity contribution in [2.45, 2.75) is 19.4 Å². The molecule has 2 nitrogen and oxygen atoms in total. The highest BCUT2D eigenvalue weighted by atomic mass is 16.6. The minimum Gasteiger partial charge on any atom is -0.373 e. The lowest BCUT2D eigenvalue weighted by Gasteiger charge is -1.80. The molecule has 1 heterocycles. The molecule has 9 heavy (non-hydrogen) atoms. The molecule has 1 aliphatic rings. The van der Waals surface area contributed by atoms with Gasteiger partial charge in [0.15, 0.2) is 5.78 Å². The maximum atomic E-state index is 10.3. The third-order valence-corrected chi connectivity index (χ3v) is 1.15. The zero-order valence-electron chi connectivity index (χ0n) is 5.46. The van der Waals surface area contributed by atoms with Crippen LogP contribution in [0.2, 0.25) is 0 Å². The van der Waals surface area contributed by atoms with Crippen LogP contribution in [0.5, 0.6) is 0 Å². The lowest BCUT2D eigenvalue weighted by atomic mass is 10.3. The molecule has 1 saturated heterocycles. The van der Waals surface area contributed by atoms with Crippen LogP contribution in [0.15, 0.2) is 12.2 Å². The molecular weight excluding hydrogens is 116 g/mol. The van der Waals surface area contributed by atoms with E-state index in [1.165, 1.54) is 0 Å². The molecule has 0 aromatic heterocycles. The summed E-state index contributed by atoms with van der Waals surface area (Å²) in [6, 6.07) is 0. The highest BCUT2D eigenvalue weighted by molar-refractivity contribution is 5.87. The molecule has 0 unspecified atom stereocenters. The average Bonchev–Trinajstić information content (AvgIpc) is 2.48. The molecule has 0 radical (unpaired) electrons. The summed E-state index contributed by atoms with van der Waals surface area (Å²) >= 11 is 0. The third kappa shape index (κ3) is 3.03. The second kappa shape index (κ2) is 2.78. The summed E-state index contributed by atoms with van der Waals surface area (Å²) in [5.41, 5.74) is 0. The van der Waals surface area contributed by atoms with Crippen LogP contribution in [0.4, 0.5) is 0 Å². The van der Waals surface area contributed by atoms with Gasteiger partial charge in [-0.05, 0) is 19.4 Å². The summed E-state index contributed by atoms with van der Waals surface area (Å²) in [7, 11) is 0. The van der Waals surface area contributed by atoms with E-state index in [1.54, 1.807) is 13.0 Å². The van der Waals surface area contributed by atoms with Gasteiger partial charge in [-0.25, -0.2) is 0 Å². The molecule has 0 aliphatic carbocycles. The number of allylic oxidation sites excluding steroid dienone is 1. The fourth-order valence-corrected chi connectivity index (χ4v) is 0.590. The second-order valence-electron chi connectivity index (χ2n) is 2.20. The molecule has 1 rings (SSSR count). The number of hydrogen-bond acceptors (Lipinski definition) is 2. The maximum absolute atomic E-state index is 10.3. The van der Waals surface area contributed by atoms with Crippen LogP contribution in [-0.2, 0) is 9.53 Å². The van der Waals surface area contributed by atoms with Crippen LogP contribution < -0.4 is 0 Å². The highest BCUT2D eigenvalue weighted by Gasteiger charge is 2.19. The summed E-state index contributed by atoms with van der Waals surface area (Å²) in [6.07, 6.45) is 4.74. The SMILES string of the molecule is CC(=O)/C=C/C[C@H]1CO1. The predicted octanol–water partition coefficient (Wildman–Crippen LogP) is 0.920. The Balaban J connectivity index is 2.08. The maximum Gasteiger partial charge on any atom is 0.152 e. The Morgan fingerprint density at radius 1 is 1.89 bits per heavy atom. The van der Waals surface area contributed by atoms with Crippen molar-refractivity contribution in [3.8, 4) is 0 Å². The number of ketones is 1. The van der Waals surface area contributed by atoms with E-state index in [2.05, 4.69) is 0 Å². The Morgan fingerprint density at radius 2 is 2.56 bits per heavy atom. The minimum atomic E-state index is 0.107. The fraction of sp³-hybridized carbons (Fsp3) is 0.571. The molecule has 50 valence electrons. The van der Waals surface area contributed by atoms with E-state index in [0.717, 1.165) is 13.0 Å². The number of ether oxygens (including phenoxy) is 1. The molecule has 0 amide bonds. The van der Waals surface area contributed by atoms with Gasteiger partial charge in [-0.2, -0.15) is 0 Å². The monoisotopic (exact) mass is 126 g/mol. The quantitative estimate of drug-likeness (QED) is 0.415. The Bertz CT molecular complexity index is 134. The molecule has 0 saturated carbocycles. The van der Waals surface area contributed by atoms with Gasteiger partial charge in [-0.1, -0.05) is 6.08 Å². The first-order chi connectivity index (χ1) is 4.29. The van der Waals surface area contributed by atoms with Crippen LogP contribution in [0.3, 0.4) is 0 Å². The molecule has 0 N–H and O–H groups in total. The topological polar surface area (TPSA) is 29.6 Å². The summed E-state index contributed by atoms with van der Waals surface area (Å²) in [5.74, 6) is 0.107. The van der Waals surface area contributed by atoms with E-state index < -0.39 is 0 Å². The van der Waals surface area contributed by atoms with Crippen molar-refractivity contribution in [1.29, 1.82) is 0 Å². The zero-order valence-corrected chi connectivity index (χ0v) is 5.46. The molecule has 1 fully saturated rings. The Hall–Kier alpha value is -0.630. The van der Waals surface area contributed by atoms with E-state index in [1.807, 2.05) is 6.08 Å². The Morgan fingerprint density at radius 3 is 3.00 bits per heavy atom. The normalized spacial score (nSPS) is 24.8. The van der Waals surface area contributed by atoms with Gasteiger partial charge in [-0.3, -0.25) is 4.79 Å².